The number of carbonyl (C=O) groups excluding carboxylic acids is 1. The van der Waals surface area contributed by atoms with Gasteiger partial charge < -0.3 is 19.4 Å². The SMILES string of the molecule is CCCCCCCCCC(O)CCCCCC(=O)OC(CC(=O)O)C[N+](C)(C)C. The second-order valence-corrected chi connectivity index (χ2v) is 9.35. The van der Waals surface area contributed by atoms with E-state index >= 15 is 0 Å². The topological polar surface area (TPSA) is 83.8 Å². The molecule has 172 valence electrons. The standard InChI is InChI=1S/C23H45NO5/c1-5-6-7-8-9-10-12-15-20(25)16-13-11-14-17-23(28)29-21(18-22(26)27)19-24(2,3)4/h20-21,25H,5-19H2,1-4H3/p+1. The van der Waals surface area contributed by atoms with Crippen LogP contribution in [-0.4, -0.2) is 66.5 Å². The van der Waals surface area contributed by atoms with Crippen LogP contribution in [0.2, 0.25) is 0 Å². The third-order valence-corrected chi connectivity index (χ3v) is 5.01. The van der Waals surface area contributed by atoms with Gasteiger partial charge in [0.05, 0.1) is 33.7 Å². The number of hydrogen-bond donors (Lipinski definition) is 2. The molecule has 0 aliphatic carbocycles. The zero-order chi connectivity index (χ0) is 22.1. The van der Waals surface area contributed by atoms with Crippen LogP contribution in [0, 0.1) is 0 Å². The first-order valence-corrected chi connectivity index (χ1v) is 11.5. The molecular formula is C23H46NO5+. The first-order valence-electron chi connectivity index (χ1n) is 11.5. The number of likely N-dealkylation sites (N-methyl/N-ethyl adjacent to an activating group) is 1. The average molecular weight is 417 g/mol. The smallest absolute Gasteiger partial charge is 0.307 e. The quantitative estimate of drug-likeness (QED) is 0.184. The maximum atomic E-state index is 12.0. The predicted molar refractivity (Wildman–Crippen MR) is 117 cm³/mol. The zero-order valence-corrected chi connectivity index (χ0v) is 19.3. The number of rotatable bonds is 19. The molecule has 0 aliphatic rings. The molecule has 0 bridgehead atoms. The van der Waals surface area contributed by atoms with Gasteiger partial charge in [-0.2, -0.15) is 0 Å². The molecule has 6 nitrogen and oxygen atoms in total. The number of ether oxygens (including phenoxy) is 1. The van der Waals surface area contributed by atoms with E-state index in [0.29, 0.717) is 23.9 Å². The van der Waals surface area contributed by atoms with Gasteiger partial charge in [0.2, 0.25) is 0 Å². The van der Waals surface area contributed by atoms with E-state index in [9.17, 15) is 14.7 Å². The number of esters is 1. The Bertz CT molecular complexity index is 433. The number of hydrogen-bond acceptors (Lipinski definition) is 4. The Morgan fingerprint density at radius 1 is 0.862 bits per heavy atom. The zero-order valence-electron chi connectivity index (χ0n) is 19.3. The fourth-order valence-electron chi connectivity index (χ4n) is 3.50. The van der Waals surface area contributed by atoms with E-state index < -0.39 is 12.1 Å². The van der Waals surface area contributed by atoms with Crippen LogP contribution in [0.3, 0.4) is 0 Å². The lowest BCUT2D eigenvalue weighted by Crippen LogP contribution is -2.43. The summed E-state index contributed by atoms with van der Waals surface area (Å²) in [6.45, 7) is 2.70. The average Bonchev–Trinajstić information content (AvgIpc) is 2.58. The molecule has 0 spiro atoms. The van der Waals surface area contributed by atoms with Crippen molar-refractivity contribution >= 4 is 11.9 Å². The monoisotopic (exact) mass is 416 g/mol. The number of carboxylic acids is 1. The van der Waals surface area contributed by atoms with Gasteiger partial charge in [-0.3, -0.25) is 9.59 Å². The molecule has 0 saturated carbocycles. The van der Waals surface area contributed by atoms with Gasteiger partial charge in [0.1, 0.15) is 6.54 Å². The van der Waals surface area contributed by atoms with E-state index in [1.165, 1.54) is 38.5 Å². The maximum Gasteiger partial charge on any atom is 0.307 e. The third-order valence-electron chi connectivity index (χ3n) is 5.01. The number of carbonyl (C=O) groups is 2. The van der Waals surface area contributed by atoms with Gasteiger partial charge in [0.25, 0.3) is 0 Å². The number of aliphatic hydroxyl groups is 1. The Morgan fingerprint density at radius 2 is 1.38 bits per heavy atom. The molecule has 0 saturated heterocycles. The molecule has 29 heavy (non-hydrogen) atoms. The lowest BCUT2D eigenvalue weighted by atomic mass is 10.0. The minimum absolute atomic E-state index is 0.161. The number of carboxylic acid groups (broad SMARTS) is 1. The Balaban J connectivity index is 3.78. The Hall–Kier alpha value is -1.14. The summed E-state index contributed by atoms with van der Waals surface area (Å²) in [5.41, 5.74) is 0. The molecule has 0 aromatic carbocycles. The van der Waals surface area contributed by atoms with Gasteiger partial charge in [-0.05, 0) is 19.3 Å². The van der Waals surface area contributed by atoms with E-state index in [2.05, 4.69) is 6.92 Å². The van der Waals surface area contributed by atoms with Gasteiger partial charge in [-0.1, -0.05) is 64.7 Å². The summed E-state index contributed by atoms with van der Waals surface area (Å²) in [5.74, 6) is -1.28. The minimum Gasteiger partial charge on any atom is -0.481 e. The van der Waals surface area contributed by atoms with Crippen molar-refractivity contribution in [3.63, 3.8) is 0 Å². The third kappa shape index (κ3) is 19.9. The molecule has 2 N–H and O–H groups in total. The van der Waals surface area contributed by atoms with Crippen LogP contribution in [0.4, 0.5) is 0 Å². The Kier molecular flexibility index (Phi) is 16.0. The number of aliphatic hydroxyl groups excluding tert-OH is 1. The number of nitrogens with zero attached hydrogens (tertiary/aromatic N) is 1. The second-order valence-electron chi connectivity index (χ2n) is 9.35. The highest BCUT2D eigenvalue weighted by Crippen LogP contribution is 2.14. The van der Waals surface area contributed by atoms with E-state index in [-0.39, 0.29) is 18.5 Å². The van der Waals surface area contributed by atoms with Crippen LogP contribution in [-0.2, 0) is 14.3 Å². The molecule has 0 aromatic rings. The van der Waals surface area contributed by atoms with Gasteiger partial charge in [-0.15, -0.1) is 0 Å². The number of quaternary nitrogens is 1. The van der Waals surface area contributed by atoms with Gasteiger partial charge in [-0.25, -0.2) is 0 Å². The molecule has 0 aromatic heterocycles. The molecule has 0 fully saturated rings. The second kappa shape index (κ2) is 16.6. The van der Waals surface area contributed by atoms with Crippen molar-refractivity contribution in [2.45, 2.75) is 109 Å². The van der Waals surface area contributed by atoms with Crippen molar-refractivity contribution < 1.29 is 29.0 Å². The van der Waals surface area contributed by atoms with E-state index in [1.54, 1.807) is 0 Å². The van der Waals surface area contributed by atoms with Crippen molar-refractivity contribution in [2.24, 2.45) is 0 Å². The maximum absolute atomic E-state index is 12.0. The van der Waals surface area contributed by atoms with Gasteiger partial charge in [0.15, 0.2) is 6.10 Å². The summed E-state index contributed by atoms with van der Waals surface area (Å²) in [4.78, 5) is 23.0. The van der Waals surface area contributed by atoms with Gasteiger partial charge >= 0.3 is 11.9 Å². The van der Waals surface area contributed by atoms with Crippen LogP contribution < -0.4 is 0 Å². The largest absolute Gasteiger partial charge is 0.481 e. The van der Waals surface area contributed by atoms with Gasteiger partial charge in [0, 0.05) is 6.42 Å². The fourth-order valence-corrected chi connectivity index (χ4v) is 3.50. The molecule has 6 heteroatoms. The highest BCUT2D eigenvalue weighted by Gasteiger charge is 2.24. The summed E-state index contributed by atoms with van der Waals surface area (Å²) in [6, 6.07) is 0. The number of unbranched alkanes of at least 4 members (excludes halogenated alkanes) is 8. The highest BCUT2D eigenvalue weighted by molar-refractivity contribution is 5.71. The van der Waals surface area contributed by atoms with E-state index in [4.69, 9.17) is 9.84 Å². The molecule has 0 amide bonds. The van der Waals surface area contributed by atoms with Crippen molar-refractivity contribution in [1.29, 1.82) is 0 Å². The molecule has 2 atom stereocenters. The summed E-state index contributed by atoms with van der Waals surface area (Å²) in [5, 5.41) is 19.1. The molecule has 0 heterocycles. The molecule has 2 unspecified atom stereocenters. The summed E-state index contributed by atoms with van der Waals surface area (Å²) >= 11 is 0. The van der Waals surface area contributed by atoms with Crippen LogP contribution >= 0.6 is 0 Å². The first kappa shape index (κ1) is 27.9. The van der Waals surface area contributed by atoms with Crippen LogP contribution in [0.1, 0.15) is 96.8 Å². The molecule has 0 radical (unpaired) electrons. The minimum atomic E-state index is -0.953. The fraction of sp³-hybridized carbons (Fsp3) is 0.913. The van der Waals surface area contributed by atoms with Crippen LogP contribution in [0.5, 0.6) is 0 Å². The molecule has 0 aliphatic heterocycles. The highest BCUT2D eigenvalue weighted by atomic mass is 16.5. The van der Waals surface area contributed by atoms with Crippen LogP contribution in [0.15, 0.2) is 0 Å². The predicted octanol–water partition coefficient (Wildman–Crippen LogP) is 4.53. The lowest BCUT2D eigenvalue weighted by molar-refractivity contribution is -0.873. The molecule has 0 rings (SSSR count). The number of aliphatic carboxylic acids is 1. The summed E-state index contributed by atoms with van der Waals surface area (Å²) in [7, 11) is 5.83. The van der Waals surface area contributed by atoms with Crippen molar-refractivity contribution in [3.8, 4) is 0 Å². The Morgan fingerprint density at radius 3 is 1.90 bits per heavy atom. The normalized spacial score (nSPS) is 13.8. The van der Waals surface area contributed by atoms with E-state index in [1.807, 2.05) is 21.1 Å². The van der Waals surface area contributed by atoms with Crippen molar-refractivity contribution in [2.75, 3.05) is 27.7 Å². The lowest BCUT2D eigenvalue weighted by Gasteiger charge is -2.28. The molecular weight excluding hydrogens is 370 g/mol. The first-order chi connectivity index (χ1) is 13.6. The summed E-state index contributed by atoms with van der Waals surface area (Å²) < 4.78 is 5.92. The van der Waals surface area contributed by atoms with Crippen molar-refractivity contribution in [1.82, 2.24) is 0 Å². The van der Waals surface area contributed by atoms with Crippen molar-refractivity contribution in [3.05, 3.63) is 0 Å². The Labute approximate surface area is 178 Å². The van der Waals surface area contributed by atoms with E-state index in [0.717, 1.165) is 32.1 Å². The van der Waals surface area contributed by atoms with Crippen LogP contribution in [0.25, 0.3) is 0 Å². The summed E-state index contributed by atoms with van der Waals surface area (Å²) in [6.07, 6.45) is 12.3.